The lowest BCUT2D eigenvalue weighted by Crippen LogP contribution is -2.40. The van der Waals surface area contributed by atoms with Crippen LogP contribution in [0.15, 0.2) is 36.4 Å². The highest BCUT2D eigenvalue weighted by molar-refractivity contribution is 5.95. The van der Waals surface area contributed by atoms with Gasteiger partial charge < -0.3 is 11.1 Å². The van der Waals surface area contributed by atoms with Crippen LogP contribution in [0.4, 0.5) is 5.69 Å². The third-order valence-corrected chi connectivity index (χ3v) is 5.43. The van der Waals surface area contributed by atoms with Crippen molar-refractivity contribution in [3.63, 3.8) is 0 Å². The van der Waals surface area contributed by atoms with Crippen molar-refractivity contribution in [3.8, 4) is 0 Å². The summed E-state index contributed by atoms with van der Waals surface area (Å²) in [4.78, 5) is 12.4. The van der Waals surface area contributed by atoms with Gasteiger partial charge in [0.1, 0.15) is 0 Å². The van der Waals surface area contributed by atoms with E-state index in [2.05, 4.69) is 17.5 Å². The summed E-state index contributed by atoms with van der Waals surface area (Å²) >= 11 is 0. The quantitative estimate of drug-likeness (QED) is 0.640. The summed E-state index contributed by atoms with van der Waals surface area (Å²) < 4.78 is 0. The van der Waals surface area contributed by atoms with Crippen LogP contribution in [-0.2, 0) is 0 Å². The predicted molar refractivity (Wildman–Crippen MR) is 79.1 cm³/mol. The third kappa shape index (κ3) is 1.76. The average molecular weight is 268 g/mol. The van der Waals surface area contributed by atoms with Crippen molar-refractivity contribution in [1.29, 1.82) is 0 Å². The van der Waals surface area contributed by atoms with Gasteiger partial charge in [0.2, 0.25) is 0 Å². The van der Waals surface area contributed by atoms with Gasteiger partial charge in [-0.25, -0.2) is 0 Å². The second kappa shape index (κ2) is 4.37. The summed E-state index contributed by atoms with van der Waals surface area (Å²) in [6, 6.07) is 7.57. The van der Waals surface area contributed by atoms with E-state index in [9.17, 15) is 4.79 Å². The topological polar surface area (TPSA) is 55.1 Å². The van der Waals surface area contributed by atoms with E-state index in [1.807, 2.05) is 18.2 Å². The van der Waals surface area contributed by atoms with Gasteiger partial charge in [-0.2, -0.15) is 0 Å². The lowest BCUT2D eigenvalue weighted by atomic mass is 9.84. The Balaban J connectivity index is 1.50. The zero-order chi connectivity index (χ0) is 13.7. The molecule has 0 aromatic heterocycles. The number of hydrogen-bond donors (Lipinski definition) is 2. The van der Waals surface area contributed by atoms with Gasteiger partial charge in [-0.3, -0.25) is 4.79 Å². The van der Waals surface area contributed by atoms with Gasteiger partial charge in [-0.05, 0) is 61.1 Å². The first-order chi connectivity index (χ1) is 9.72. The monoisotopic (exact) mass is 268 g/mol. The molecule has 2 saturated carbocycles. The molecule has 1 aromatic carbocycles. The Bertz CT molecular complexity index is 580. The van der Waals surface area contributed by atoms with E-state index in [-0.39, 0.29) is 5.91 Å². The van der Waals surface area contributed by atoms with Crippen LogP contribution in [0.3, 0.4) is 0 Å². The maximum Gasteiger partial charge on any atom is 0.251 e. The number of hydrogen-bond acceptors (Lipinski definition) is 2. The minimum atomic E-state index is 0.0229. The Kier molecular flexibility index (Phi) is 2.62. The van der Waals surface area contributed by atoms with Gasteiger partial charge in [-0.15, -0.1) is 0 Å². The first kappa shape index (κ1) is 12.0. The van der Waals surface area contributed by atoms with E-state index < -0.39 is 0 Å². The van der Waals surface area contributed by atoms with Gasteiger partial charge in [0.05, 0.1) is 0 Å². The summed E-state index contributed by atoms with van der Waals surface area (Å²) in [6.45, 7) is 0. The van der Waals surface area contributed by atoms with Crippen LogP contribution in [-0.4, -0.2) is 11.9 Å². The maximum atomic E-state index is 12.4. The van der Waals surface area contributed by atoms with Crippen molar-refractivity contribution in [3.05, 3.63) is 42.0 Å². The molecule has 3 N–H and O–H groups in total. The Hall–Kier alpha value is -1.77. The number of nitrogens with one attached hydrogen (secondary N) is 1. The molecule has 0 spiro atoms. The molecule has 4 rings (SSSR count). The van der Waals surface area contributed by atoms with Crippen LogP contribution in [0, 0.1) is 23.7 Å². The maximum absolute atomic E-state index is 12.4. The van der Waals surface area contributed by atoms with Gasteiger partial charge in [-0.1, -0.05) is 18.2 Å². The number of nitrogen functional groups attached to an aromatic ring is 1. The molecule has 1 amide bonds. The molecule has 3 nitrogen and oxygen atoms in total. The number of allylic oxidation sites excluding steroid dienone is 2. The minimum Gasteiger partial charge on any atom is -0.399 e. The molecule has 3 heteroatoms. The SMILES string of the molecule is Nc1cccc(C(=O)N[C@@H]2CC[C@@H]3[C@H]2[C@@H]2C=C[C@H]3C2)c1. The number of anilines is 1. The first-order valence-corrected chi connectivity index (χ1v) is 7.57. The number of carbonyl (C=O) groups excluding carboxylic acids is 1. The van der Waals surface area contributed by atoms with Crippen molar-refractivity contribution >= 4 is 11.6 Å². The molecule has 2 fully saturated rings. The Labute approximate surface area is 119 Å². The van der Waals surface area contributed by atoms with Gasteiger partial charge >= 0.3 is 0 Å². The molecular weight excluding hydrogens is 248 g/mol. The van der Waals surface area contributed by atoms with Crippen molar-refractivity contribution in [2.24, 2.45) is 23.7 Å². The fourth-order valence-electron chi connectivity index (χ4n) is 4.63. The lowest BCUT2D eigenvalue weighted by Gasteiger charge is -2.26. The normalized spacial score (nSPS) is 37.1. The number of benzene rings is 1. The fraction of sp³-hybridized carbons (Fsp3) is 0.471. The molecule has 0 unspecified atom stereocenters. The van der Waals surface area contributed by atoms with E-state index in [1.54, 1.807) is 6.07 Å². The van der Waals surface area contributed by atoms with Gasteiger partial charge in [0.15, 0.2) is 0 Å². The smallest absolute Gasteiger partial charge is 0.251 e. The molecule has 3 aliphatic carbocycles. The molecule has 20 heavy (non-hydrogen) atoms. The van der Waals surface area contributed by atoms with E-state index >= 15 is 0 Å². The number of carbonyl (C=O) groups is 1. The molecule has 1 aromatic rings. The third-order valence-electron chi connectivity index (χ3n) is 5.43. The summed E-state index contributed by atoms with van der Waals surface area (Å²) in [5.74, 6) is 2.96. The number of fused-ring (bicyclic) bond motifs is 5. The highest BCUT2D eigenvalue weighted by atomic mass is 16.1. The fourth-order valence-corrected chi connectivity index (χ4v) is 4.63. The highest BCUT2D eigenvalue weighted by Gasteiger charge is 2.51. The summed E-state index contributed by atoms with van der Waals surface area (Å²) in [6.07, 6.45) is 8.46. The van der Waals surface area contributed by atoms with Crippen LogP contribution >= 0.6 is 0 Å². The van der Waals surface area contributed by atoms with Crippen molar-refractivity contribution < 1.29 is 4.79 Å². The highest BCUT2D eigenvalue weighted by Crippen LogP contribution is 2.55. The number of amides is 1. The van der Waals surface area contributed by atoms with Crippen LogP contribution in [0.5, 0.6) is 0 Å². The summed E-state index contributed by atoms with van der Waals surface area (Å²) in [5, 5.41) is 3.25. The molecule has 0 radical (unpaired) electrons. The molecule has 0 saturated heterocycles. The molecular formula is C17H20N2O. The molecule has 2 bridgehead atoms. The van der Waals surface area contributed by atoms with Gasteiger partial charge in [0.25, 0.3) is 5.91 Å². The van der Waals surface area contributed by atoms with Crippen LogP contribution in [0.25, 0.3) is 0 Å². The molecule has 0 heterocycles. The largest absolute Gasteiger partial charge is 0.399 e. The molecule has 104 valence electrons. The zero-order valence-electron chi connectivity index (χ0n) is 11.5. The Morgan fingerprint density at radius 1 is 1.20 bits per heavy atom. The van der Waals surface area contributed by atoms with Gasteiger partial charge in [0, 0.05) is 17.3 Å². The van der Waals surface area contributed by atoms with Crippen molar-refractivity contribution in [2.45, 2.75) is 25.3 Å². The molecule has 5 atom stereocenters. The molecule has 0 aliphatic heterocycles. The van der Waals surface area contributed by atoms with E-state index in [4.69, 9.17) is 5.73 Å². The van der Waals surface area contributed by atoms with E-state index in [0.717, 1.165) is 18.3 Å². The minimum absolute atomic E-state index is 0.0229. The second-order valence-electron chi connectivity index (χ2n) is 6.47. The standard InChI is InChI=1S/C17H20N2O/c18-13-3-1-2-12(9-13)17(20)19-15-7-6-14-10-4-5-11(8-10)16(14)15/h1-5,9-11,14-16H,6-8,18H2,(H,19,20)/t10-,11+,14-,15+,16+/m0/s1. The second-order valence-corrected chi connectivity index (χ2v) is 6.47. The van der Waals surface area contributed by atoms with E-state index in [0.29, 0.717) is 29.1 Å². The molecule has 3 aliphatic rings. The Morgan fingerprint density at radius 2 is 2.05 bits per heavy atom. The van der Waals surface area contributed by atoms with Crippen molar-refractivity contribution in [1.82, 2.24) is 5.32 Å². The Morgan fingerprint density at radius 3 is 2.90 bits per heavy atom. The van der Waals surface area contributed by atoms with Crippen LogP contribution in [0.1, 0.15) is 29.6 Å². The zero-order valence-corrected chi connectivity index (χ0v) is 11.5. The lowest BCUT2D eigenvalue weighted by molar-refractivity contribution is 0.0921. The summed E-state index contributed by atoms with van der Waals surface area (Å²) in [5.41, 5.74) is 7.07. The van der Waals surface area contributed by atoms with Crippen LogP contribution in [0.2, 0.25) is 0 Å². The average Bonchev–Trinajstić information content (AvgIpc) is 3.12. The summed E-state index contributed by atoms with van der Waals surface area (Å²) in [7, 11) is 0. The van der Waals surface area contributed by atoms with Crippen molar-refractivity contribution in [2.75, 3.05) is 5.73 Å². The predicted octanol–water partition coefficient (Wildman–Crippen LogP) is 2.60. The number of rotatable bonds is 2. The van der Waals surface area contributed by atoms with E-state index in [1.165, 1.54) is 12.8 Å². The number of nitrogens with two attached hydrogens (primary N) is 1. The first-order valence-electron chi connectivity index (χ1n) is 7.57. The van der Waals surface area contributed by atoms with Crippen LogP contribution < -0.4 is 11.1 Å².